The summed E-state index contributed by atoms with van der Waals surface area (Å²) in [5.74, 6) is 2.62. The average Bonchev–Trinajstić information content (AvgIpc) is 3.11. The van der Waals surface area contributed by atoms with E-state index >= 15 is 0 Å². The topological polar surface area (TPSA) is 41.1 Å². The smallest absolute Gasteiger partial charge is 0.251 e. The fraction of sp³-hybridized carbons (Fsp3) is 0.611. The first-order valence-electron chi connectivity index (χ1n) is 8.43. The van der Waals surface area contributed by atoms with Crippen LogP contribution in [0.25, 0.3) is 0 Å². The van der Waals surface area contributed by atoms with Crippen molar-refractivity contribution in [3.63, 3.8) is 0 Å². The Morgan fingerprint density at radius 1 is 1.05 bits per heavy atom. The second-order valence-corrected chi connectivity index (χ2v) is 7.16. The number of nitrogens with one attached hydrogen (secondary N) is 2. The molecule has 1 amide bonds. The van der Waals surface area contributed by atoms with Crippen LogP contribution in [-0.2, 0) is 0 Å². The van der Waals surface area contributed by atoms with Crippen molar-refractivity contribution in [3.8, 4) is 0 Å². The predicted octanol–water partition coefficient (Wildman–Crippen LogP) is 3.43. The zero-order valence-corrected chi connectivity index (χ0v) is 12.5. The van der Waals surface area contributed by atoms with Crippen molar-refractivity contribution in [2.45, 2.75) is 44.6 Å². The number of carbonyl (C=O) groups is 1. The minimum atomic E-state index is 0.0633. The number of anilines is 1. The lowest BCUT2D eigenvalue weighted by atomic mass is 9.95. The number of amides is 1. The minimum Gasteiger partial charge on any atom is -0.382 e. The summed E-state index contributed by atoms with van der Waals surface area (Å²) in [5, 5.41) is 6.68. The first-order valence-corrected chi connectivity index (χ1v) is 8.43. The second kappa shape index (κ2) is 5.36. The summed E-state index contributed by atoms with van der Waals surface area (Å²) < 4.78 is 0. The van der Waals surface area contributed by atoms with Gasteiger partial charge in [0, 0.05) is 23.8 Å². The molecule has 3 aliphatic rings. The van der Waals surface area contributed by atoms with Crippen LogP contribution in [0.15, 0.2) is 24.3 Å². The first-order chi connectivity index (χ1) is 10.3. The third-order valence-electron chi connectivity index (χ3n) is 5.49. The van der Waals surface area contributed by atoms with E-state index in [4.69, 9.17) is 0 Å². The van der Waals surface area contributed by atoms with E-state index in [0.717, 1.165) is 35.5 Å². The van der Waals surface area contributed by atoms with Crippen molar-refractivity contribution < 1.29 is 4.79 Å². The summed E-state index contributed by atoms with van der Waals surface area (Å²) in [5.41, 5.74) is 1.93. The van der Waals surface area contributed by atoms with Crippen molar-refractivity contribution in [2.24, 2.45) is 17.8 Å². The third kappa shape index (κ3) is 2.92. The van der Waals surface area contributed by atoms with Crippen LogP contribution in [0.1, 0.15) is 48.9 Å². The second-order valence-electron chi connectivity index (χ2n) is 7.16. The molecule has 4 rings (SSSR count). The van der Waals surface area contributed by atoms with Crippen molar-refractivity contribution in [3.05, 3.63) is 29.8 Å². The molecule has 0 spiro atoms. The number of hydrogen-bond donors (Lipinski definition) is 2. The van der Waals surface area contributed by atoms with Crippen LogP contribution in [0.5, 0.6) is 0 Å². The highest BCUT2D eigenvalue weighted by molar-refractivity contribution is 5.94. The molecule has 3 fully saturated rings. The average molecular weight is 284 g/mol. The minimum absolute atomic E-state index is 0.0633. The molecule has 1 aromatic rings. The lowest BCUT2D eigenvalue weighted by Gasteiger charge is -2.24. The fourth-order valence-corrected chi connectivity index (χ4v) is 4.01. The van der Waals surface area contributed by atoms with Gasteiger partial charge < -0.3 is 10.6 Å². The highest BCUT2D eigenvalue weighted by Crippen LogP contribution is 2.45. The number of benzene rings is 1. The van der Waals surface area contributed by atoms with Gasteiger partial charge in [-0.1, -0.05) is 6.42 Å². The number of fused-ring (bicyclic) bond motifs is 2. The SMILES string of the molecule is O=C(NCC1CC1)c1ccc(NC2CC3CCC2C3)cc1. The summed E-state index contributed by atoms with van der Waals surface area (Å²) in [6.07, 6.45) is 8.11. The maximum Gasteiger partial charge on any atom is 0.251 e. The molecule has 0 aromatic heterocycles. The molecule has 0 aliphatic heterocycles. The van der Waals surface area contributed by atoms with Crippen LogP contribution in [0.4, 0.5) is 5.69 Å². The molecule has 2 bridgehead atoms. The van der Waals surface area contributed by atoms with E-state index in [-0.39, 0.29) is 5.91 Å². The molecular weight excluding hydrogens is 260 g/mol. The molecule has 3 aliphatic carbocycles. The number of rotatable bonds is 5. The third-order valence-corrected chi connectivity index (χ3v) is 5.49. The Kier molecular flexibility index (Phi) is 3.36. The van der Waals surface area contributed by atoms with E-state index in [2.05, 4.69) is 22.8 Å². The van der Waals surface area contributed by atoms with Crippen molar-refractivity contribution >= 4 is 11.6 Å². The first kappa shape index (κ1) is 13.2. The van der Waals surface area contributed by atoms with Crippen LogP contribution in [0.3, 0.4) is 0 Å². The molecule has 112 valence electrons. The molecule has 3 atom stereocenters. The van der Waals surface area contributed by atoms with E-state index in [0.29, 0.717) is 6.04 Å². The van der Waals surface area contributed by atoms with Crippen LogP contribution >= 0.6 is 0 Å². The molecule has 0 heterocycles. The van der Waals surface area contributed by atoms with E-state index < -0.39 is 0 Å². The van der Waals surface area contributed by atoms with Crippen LogP contribution in [-0.4, -0.2) is 18.5 Å². The van der Waals surface area contributed by atoms with E-state index in [1.807, 2.05) is 12.1 Å². The Bertz CT molecular complexity index is 521. The van der Waals surface area contributed by atoms with Crippen LogP contribution in [0, 0.1) is 17.8 Å². The molecule has 3 unspecified atom stereocenters. The standard InChI is InChI=1S/C18H24N2O/c21-18(19-11-12-1-2-12)14-5-7-16(8-6-14)20-17-10-13-3-4-15(17)9-13/h5-8,12-13,15,17,20H,1-4,9-11H2,(H,19,21). The number of hydrogen-bond acceptors (Lipinski definition) is 2. The Morgan fingerprint density at radius 2 is 1.86 bits per heavy atom. The molecule has 0 saturated heterocycles. The van der Waals surface area contributed by atoms with Gasteiger partial charge in [0.1, 0.15) is 0 Å². The predicted molar refractivity (Wildman–Crippen MR) is 84.4 cm³/mol. The van der Waals surface area contributed by atoms with Gasteiger partial charge in [0.05, 0.1) is 0 Å². The van der Waals surface area contributed by atoms with Gasteiger partial charge in [-0.2, -0.15) is 0 Å². The maximum atomic E-state index is 12.0. The molecule has 0 radical (unpaired) electrons. The zero-order chi connectivity index (χ0) is 14.2. The Labute approximate surface area is 126 Å². The van der Waals surface area contributed by atoms with E-state index in [9.17, 15) is 4.79 Å². The van der Waals surface area contributed by atoms with E-state index in [1.54, 1.807) is 0 Å². The molecule has 2 N–H and O–H groups in total. The lowest BCUT2D eigenvalue weighted by Crippen LogP contribution is -2.26. The molecule has 1 aromatic carbocycles. The van der Waals surface area contributed by atoms with Crippen molar-refractivity contribution in [1.29, 1.82) is 0 Å². The quantitative estimate of drug-likeness (QED) is 0.870. The Morgan fingerprint density at radius 3 is 2.48 bits per heavy atom. The largest absolute Gasteiger partial charge is 0.382 e. The summed E-state index contributed by atoms with van der Waals surface area (Å²) in [6, 6.07) is 8.64. The summed E-state index contributed by atoms with van der Waals surface area (Å²) in [4.78, 5) is 12.0. The highest BCUT2D eigenvalue weighted by Gasteiger charge is 2.39. The van der Waals surface area contributed by atoms with Gasteiger partial charge >= 0.3 is 0 Å². The Hall–Kier alpha value is -1.51. The van der Waals surface area contributed by atoms with Crippen molar-refractivity contribution in [1.82, 2.24) is 5.32 Å². The maximum absolute atomic E-state index is 12.0. The van der Waals surface area contributed by atoms with Gasteiger partial charge in [0.15, 0.2) is 0 Å². The van der Waals surface area contributed by atoms with Gasteiger partial charge in [-0.3, -0.25) is 4.79 Å². The lowest BCUT2D eigenvalue weighted by molar-refractivity contribution is 0.0952. The van der Waals surface area contributed by atoms with Gasteiger partial charge in [0.25, 0.3) is 5.91 Å². The molecule has 3 nitrogen and oxygen atoms in total. The van der Waals surface area contributed by atoms with Crippen LogP contribution in [0.2, 0.25) is 0 Å². The van der Waals surface area contributed by atoms with Gasteiger partial charge in [-0.25, -0.2) is 0 Å². The van der Waals surface area contributed by atoms with Gasteiger partial charge in [0.2, 0.25) is 0 Å². The molecule has 3 saturated carbocycles. The summed E-state index contributed by atoms with van der Waals surface area (Å²) in [6.45, 7) is 0.837. The fourth-order valence-electron chi connectivity index (χ4n) is 4.01. The molecular formula is C18H24N2O. The van der Waals surface area contributed by atoms with Crippen LogP contribution < -0.4 is 10.6 Å². The monoisotopic (exact) mass is 284 g/mol. The highest BCUT2D eigenvalue weighted by atomic mass is 16.1. The van der Waals surface area contributed by atoms with E-state index in [1.165, 1.54) is 38.5 Å². The Balaban J connectivity index is 1.33. The van der Waals surface area contributed by atoms with Gasteiger partial charge in [-0.15, -0.1) is 0 Å². The normalized spacial score (nSPS) is 30.4. The van der Waals surface area contributed by atoms with Gasteiger partial charge in [-0.05, 0) is 74.1 Å². The summed E-state index contributed by atoms with van der Waals surface area (Å²) >= 11 is 0. The molecule has 3 heteroatoms. The van der Waals surface area contributed by atoms with Crippen molar-refractivity contribution in [2.75, 3.05) is 11.9 Å². The molecule has 21 heavy (non-hydrogen) atoms. The number of carbonyl (C=O) groups excluding carboxylic acids is 1. The zero-order valence-electron chi connectivity index (χ0n) is 12.5. The summed E-state index contributed by atoms with van der Waals surface area (Å²) in [7, 11) is 0.